The molecule has 1 atom stereocenters. The molecule has 1 fully saturated rings. The van der Waals surface area contributed by atoms with Crippen molar-refractivity contribution in [1.29, 1.82) is 0 Å². The van der Waals surface area contributed by atoms with E-state index in [4.69, 9.17) is 16.3 Å². The molecule has 1 heterocycles. The average molecular weight is 404 g/mol. The number of carbonyl (C=O) groups is 1. The minimum Gasteiger partial charge on any atom is -0.481 e. The maximum absolute atomic E-state index is 12.6. The largest absolute Gasteiger partial charge is 0.481 e. The molecule has 1 amide bonds. The van der Waals surface area contributed by atoms with Crippen molar-refractivity contribution >= 4 is 23.2 Å². The summed E-state index contributed by atoms with van der Waals surface area (Å²) in [5.74, 6) is 0.555. The number of rotatable bonds is 6. The fourth-order valence-electron chi connectivity index (χ4n) is 3.18. The molecule has 148 valence electrons. The minimum absolute atomic E-state index is 0.0510. The Morgan fingerprint density at radius 1 is 1.18 bits per heavy atom. The van der Waals surface area contributed by atoms with Crippen LogP contribution in [-0.4, -0.2) is 52.9 Å². The van der Waals surface area contributed by atoms with Gasteiger partial charge in [0, 0.05) is 49.9 Å². The highest BCUT2D eigenvalue weighted by atomic mass is 35.5. The van der Waals surface area contributed by atoms with Crippen LogP contribution in [0.3, 0.4) is 0 Å². The van der Waals surface area contributed by atoms with Crippen LogP contribution in [-0.2, 0) is 11.3 Å². The summed E-state index contributed by atoms with van der Waals surface area (Å²) in [7, 11) is 0. The van der Waals surface area contributed by atoms with Gasteiger partial charge in [-0.25, -0.2) is 0 Å². The van der Waals surface area contributed by atoms with Crippen LogP contribution in [0.2, 0.25) is 5.02 Å². The molecule has 0 aliphatic carbocycles. The molecule has 0 saturated carbocycles. The van der Waals surface area contributed by atoms with Crippen molar-refractivity contribution in [2.75, 3.05) is 26.2 Å². The number of carbonyl (C=O) groups excluding carboxylic acids is 1. The fourth-order valence-corrected chi connectivity index (χ4v) is 3.30. The van der Waals surface area contributed by atoms with Crippen LogP contribution in [0.1, 0.15) is 12.5 Å². The van der Waals surface area contributed by atoms with Gasteiger partial charge >= 0.3 is 0 Å². The number of amides is 1. The Kier molecular flexibility index (Phi) is 6.49. The van der Waals surface area contributed by atoms with Gasteiger partial charge in [0.15, 0.2) is 6.10 Å². The molecule has 0 bridgehead atoms. The molecule has 1 aliphatic heterocycles. The summed E-state index contributed by atoms with van der Waals surface area (Å²) in [6.45, 7) is 4.99. The molecule has 1 saturated heterocycles. The highest BCUT2D eigenvalue weighted by molar-refractivity contribution is 6.30. The standard InChI is InChI=1S/C20H22ClN3O4/c1-15(28-19-7-5-17(21)6-8-19)20(25)23-11-9-22(10-12-23)14-16-3-2-4-18(13-16)24(26)27/h2-8,13,15H,9-12,14H2,1H3. The van der Waals surface area contributed by atoms with Crippen LogP contribution >= 0.6 is 11.6 Å². The van der Waals surface area contributed by atoms with Crippen LogP contribution in [0, 0.1) is 10.1 Å². The highest BCUT2D eigenvalue weighted by Crippen LogP contribution is 2.19. The SMILES string of the molecule is CC(Oc1ccc(Cl)cc1)C(=O)N1CCN(Cc2cccc([N+](=O)[O-])c2)CC1. The number of nitrogens with zero attached hydrogens (tertiary/aromatic N) is 3. The van der Waals surface area contributed by atoms with Crippen molar-refractivity contribution < 1.29 is 14.5 Å². The summed E-state index contributed by atoms with van der Waals surface area (Å²) in [4.78, 5) is 27.1. The zero-order chi connectivity index (χ0) is 20.1. The van der Waals surface area contributed by atoms with Gasteiger partial charge in [0.1, 0.15) is 5.75 Å². The summed E-state index contributed by atoms with van der Waals surface area (Å²) in [5.41, 5.74) is 0.993. The smallest absolute Gasteiger partial charge is 0.269 e. The van der Waals surface area contributed by atoms with Gasteiger partial charge in [-0.05, 0) is 36.8 Å². The van der Waals surface area contributed by atoms with Gasteiger partial charge < -0.3 is 9.64 Å². The second-order valence-electron chi connectivity index (χ2n) is 6.74. The van der Waals surface area contributed by atoms with E-state index in [9.17, 15) is 14.9 Å². The average Bonchev–Trinajstić information content (AvgIpc) is 2.70. The van der Waals surface area contributed by atoms with Gasteiger partial charge in [0.25, 0.3) is 11.6 Å². The molecule has 2 aromatic rings. The highest BCUT2D eigenvalue weighted by Gasteiger charge is 2.26. The van der Waals surface area contributed by atoms with E-state index in [2.05, 4.69) is 4.90 Å². The topological polar surface area (TPSA) is 75.9 Å². The summed E-state index contributed by atoms with van der Waals surface area (Å²) in [5, 5.41) is 11.5. The van der Waals surface area contributed by atoms with Gasteiger partial charge in [0.2, 0.25) is 0 Å². The van der Waals surface area contributed by atoms with Crippen molar-refractivity contribution in [1.82, 2.24) is 9.80 Å². The Bertz CT molecular complexity index is 836. The third kappa shape index (κ3) is 5.21. The van der Waals surface area contributed by atoms with Crippen LogP contribution in [0.4, 0.5) is 5.69 Å². The first-order chi connectivity index (χ1) is 13.4. The van der Waals surface area contributed by atoms with E-state index in [1.807, 2.05) is 6.07 Å². The minimum atomic E-state index is -0.579. The Balaban J connectivity index is 1.50. The molecule has 0 radical (unpaired) electrons. The van der Waals surface area contributed by atoms with Crippen LogP contribution in [0.15, 0.2) is 48.5 Å². The molecule has 1 aliphatic rings. The monoisotopic (exact) mass is 403 g/mol. The number of hydrogen-bond acceptors (Lipinski definition) is 5. The first-order valence-electron chi connectivity index (χ1n) is 9.09. The van der Waals surface area contributed by atoms with Crippen molar-refractivity contribution in [3.63, 3.8) is 0 Å². The number of hydrogen-bond donors (Lipinski definition) is 0. The lowest BCUT2D eigenvalue weighted by molar-refractivity contribution is -0.384. The van der Waals surface area contributed by atoms with Crippen LogP contribution in [0.5, 0.6) is 5.75 Å². The van der Waals surface area contributed by atoms with Gasteiger partial charge in [0.05, 0.1) is 4.92 Å². The lowest BCUT2D eigenvalue weighted by Gasteiger charge is -2.35. The van der Waals surface area contributed by atoms with Crippen molar-refractivity contribution in [2.24, 2.45) is 0 Å². The maximum atomic E-state index is 12.6. The number of ether oxygens (including phenoxy) is 1. The molecule has 0 spiro atoms. The molecule has 8 heteroatoms. The predicted molar refractivity (Wildman–Crippen MR) is 106 cm³/mol. The molecule has 1 unspecified atom stereocenters. The Hall–Kier alpha value is -2.64. The third-order valence-corrected chi connectivity index (χ3v) is 4.94. The Morgan fingerprint density at radius 2 is 1.86 bits per heavy atom. The van der Waals surface area contributed by atoms with Crippen LogP contribution in [0.25, 0.3) is 0 Å². The van der Waals surface area contributed by atoms with E-state index in [1.54, 1.807) is 48.2 Å². The first kappa shape index (κ1) is 20.1. The zero-order valence-corrected chi connectivity index (χ0v) is 16.3. The zero-order valence-electron chi connectivity index (χ0n) is 15.6. The summed E-state index contributed by atoms with van der Waals surface area (Å²) >= 11 is 5.86. The quantitative estimate of drug-likeness (QED) is 0.546. The van der Waals surface area contributed by atoms with E-state index in [0.29, 0.717) is 43.5 Å². The van der Waals surface area contributed by atoms with E-state index >= 15 is 0 Å². The summed E-state index contributed by atoms with van der Waals surface area (Å²) in [6, 6.07) is 13.6. The number of piperazine rings is 1. The van der Waals surface area contributed by atoms with Gasteiger partial charge in [-0.15, -0.1) is 0 Å². The van der Waals surface area contributed by atoms with Gasteiger partial charge in [-0.2, -0.15) is 0 Å². The van der Waals surface area contributed by atoms with Crippen molar-refractivity contribution in [3.8, 4) is 5.75 Å². The number of non-ortho nitro benzene ring substituents is 1. The van der Waals surface area contributed by atoms with E-state index in [-0.39, 0.29) is 16.5 Å². The van der Waals surface area contributed by atoms with Crippen LogP contribution < -0.4 is 4.74 Å². The van der Waals surface area contributed by atoms with Crippen molar-refractivity contribution in [2.45, 2.75) is 19.6 Å². The van der Waals surface area contributed by atoms with E-state index in [1.165, 1.54) is 6.07 Å². The number of nitro benzene ring substituents is 1. The summed E-state index contributed by atoms with van der Waals surface area (Å²) < 4.78 is 5.72. The predicted octanol–water partition coefficient (Wildman–Crippen LogP) is 3.36. The lowest BCUT2D eigenvalue weighted by atomic mass is 10.1. The first-order valence-corrected chi connectivity index (χ1v) is 9.47. The lowest BCUT2D eigenvalue weighted by Crippen LogP contribution is -2.51. The Morgan fingerprint density at radius 3 is 2.50 bits per heavy atom. The maximum Gasteiger partial charge on any atom is 0.269 e. The molecule has 0 N–H and O–H groups in total. The summed E-state index contributed by atoms with van der Waals surface area (Å²) in [6.07, 6.45) is -0.579. The second-order valence-corrected chi connectivity index (χ2v) is 7.18. The van der Waals surface area contributed by atoms with Gasteiger partial charge in [-0.3, -0.25) is 19.8 Å². The number of benzene rings is 2. The fraction of sp³-hybridized carbons (Fsp3) is 0.350. The second kappa shape index (κ2) is 9.03. The van der Waals surface area contributed by atoms with Gasteiger partial charge in [-0.1, -0.05) is 23.7 Å². The normalized spacial score (nSPS) is 15.9. The van der Waals surface area contributed by atoms with E-state index < -0.39 is 6.10 Å². The Labute approximate surface area is 168 Å². The number of halogens is 1. The number of nitro groups is 1. The molecule has 2 aromatic carbocycles. The third-order valence-electron chi connectivity index (χ3n) is 4.69. The molecular weight excluding hydrogens is 382 g/mol. The molecule has 7 nitrogen and oxygen atoms in total. The molecule has 28 heavy (non-hydrogen) atoms. The van der Waals surface area contributed by atoms with Crippen molar-refractivity contribution in [3.05, 3.63) is 69.2 Å². The molecule has 3 rings (SSSR count). The molecule has 0 aromatic heterocycles. The van der Waals surface area contributed by atoms with E-state index in [0.717, 1.165) is 5.56 Å². The molecular formula is C20H22ClN3O4.